The highest BCUT2D eigenvalue weighted by Gasteiger charge is 2.08. The van der Waals surface area contributed by atoms with Gasteiger partial charge < -0.3 is 9.88 Å². The van der Waals surface area contributed by atoms with Gasteiger partial charge in [-0.3, -0.25) is 4.79 Å². The Morgan fingerprint density at radius 3 is 2.76 bits per heavy atom. The van der Waals surface area contributed by atoms with Crippen molar-refractivity contribution in [2.24, 2.45) is 7.05 Å². The number of imidazole rings is 1. The van der Waals surface area contributed by atoms with Crippen LogP contribution in [0.1, 0.15) is 16.1 Å². The molecule has 0 spiro atoms. The van der Waals surface area contributed by atoms with Crippen LogP contribution in [-0.2, 0) is 13.5 Å². The summed E-state index contributed by atoms with van der Waals surface area (Å²) in [4.78, 5) is 15.7. The van der Waals surface area contributed by atoms with Crippen LogP contribution in [0.5, 0.6) is 0 Å². The van der Waals surface area contributed by atoms with Crippen LogP contribution >= 0.6 is 0 Å². The van der Waals surface area contributed by atoms with E-state index in [0.29, 0.717) is 12.2 Å². The maximum Gasteiger partial charge on any atom is 0.269 e. The Kier molecular flexibility index (Phi) is 3.55. The van der Waals surface area contributed by atoms with Crippen LogP contribution in [0, 0.1) is 0 Å². The van der Waals surface area contributed by atoms with Gasteiger partial charge in [-0.05, 0) is 12.0 Å². The summed E-state index contributed by atoms with van der Waals surface area (Å²) in [6.07, 6.45) is 4.02. The molecule has 0 aliphatic heterocycles. The zero-order valence-corrected chi connectivity index (χ0v) is 9.76. The topological polar surface area (TPSA) is 46.9 Å². The van der Waals surface area contributed by atoms with E-state index in [0.717, 1.165) is 6.42 Å². The summed E-state index contributed by atoms with van der Waals surface area (Å²) >= 11 is 0. The van der Waals surface area contributed by atoms with Crippen molar-refractivity contribution in [3.63, 3.8) is 0 Å². The van der Waals surface area contributed by atoms with Crippen LogP contribution in [-0.4, -0.2) is 22.0 Å². The third-order valence-electron chi connectivity index (χ3n) is 2.59. The molecule has 4 heteroatoms. The first-order valence-electron chi connectivity index (χ1n) is 5.56. The van der Waals surface area contributed by atoms with Gasteiger partial charge >= 0.3 is 0 Å². The molecule has 1 aromatic heterocycles. The number of hydrogen-bond acceptors (Lipinski definition) is 2. The lowest BCUT2D eigenvalue weighted by atomic mass is 10.1. The van der Waals surface area contributed by atoms with Crippen molar-refractivity contribution >= 4 is 5.91 Å². The molecule has 1 heterocycles. The van der Waals surface area contributed by atoms with Gasteiger partial charge in [-0.1, -0.05) is 30.3 Å². The van der Waals surface area contributed by atoms with E-state index in [1.807, 2.05) is 18.2 Å². The minimum atomic E-state index is -0.0825. The largest absolute Gasteiger partial charge is 0.350 e. The van der Waals surface area contributed by atoms with E-state index < -0.39 is 0 Å². The fraction of sp³-hybridized carbons (Fsp3) is 0.231. The number of carbonyl (C=O) groups excluding carboxylic acids is 1. The molecule has 0 atom stereocenters. The van der Waals surface area contributed by atoms with Crippen LogP contribution in [0.3, 0.4) is 0 Å². The lowest BCUT2D eigenvalue weighted by Crippen LogP contribution is -2.27. The molecule has 88 valence electrons. The molecular formula is C13H15N3O. The Morgan fingerprint density at radius 2 is 2.12 bits per heavy atom. The Bertz CT molecular complexity index is 490. The number of aryl methyl sites for hydroxylation is 1. The van der Waals surface area contributed by atoms with E-state index in [1.54, 1.807) is 24.1 Å². The molecule has 0 radical (unpaired) electrons. The lowest BCUT2D eigenvalue weighted by molar-refractivity contribution is 0.0946. The standard InChI is InChI=1S/C13H15N3O/c1-16-10-14-9-12(16)13(17)15-8-7-11-5-3-2-4-6-11/h2-6,9-10H,7-8H2,1H3,(H,15,17). The third-order valence-corrected chi connectivity index (χ3v) is 2.59. The molecule has 0 bridgehead atoms. The quantitative estimate of drug-likeness (QED) is 0.861. The number of aromatic nitrogens is 2. The van der Waals surface area contributed by atoms with Crippen molar-refractivity contribution in [3.8, 4) is 0 Å². The van der Waals surface area contributed by atoms with Crippen molar-refractivity contribution in [1.29, 1.82) is 0 Å². The van der Waals surface area contributed by atoms with Gasteiger partial charge in [0, 0.05) is 13.6 Å². The van der Waals surface area contributed by atoms with Gasteiger partial charge in [0.25, 0.3) is 5.91 Å². The number of carbonyl (C=O) groups is 1. The molecule has 2 rings (SSSR count). The highest BCUT2D eigenvalue weighted by Crippen LogP contribution is 1.99. The Balaban J connectivity index is 1.84. The smallest absolute Gasteiger partial charge is 0.269 e. The molecule has 0 unspecified atom stereocenters. The van der Waals surface area contributed by atoms with Crippen LogP contribution in [0.25, 0.3) is 0 Å². The highest BCUT2D eigenvalue weighted by atomic mass is 16.1. The lowest BCUT2D eigenvalue weighted by Gasteiger charge is -2.05. The highest BCUT2D eigenvalue weighted by molar-refractivity contribution is 5.92. The maximum atomic E-state index is 11.7. The molecule has 0 saturated heterocycles. The predicted molar refractivity (Wildman–Crippen MR) is 65.7 cm³/mol. The molecular weight excluding hydrogens is 214 g/mol. The summed E-state index contributed by atoms with van der Waals surface area (Å²) in [6, 6.07) is 10.1. The average molecular weight is 229 g/mol. The maximum absolute atomic E-state index is 11.7. The first-order chi connectivity index (χ1) is 8.27. The molecule has 0 fully saturated rings. The molecule has 2 aromatic rings. The van der Waals surface area contributed by atoms with E-state index in [1.165, 1.54) is 5.56 Å². The molecule has 0 aliphatic rings. The van der Waals surface area contributed by atoms with Crippen LogP contribution in [0.15, 0.2) is 42.9 Å². The van der Waals surface area contributed by atoms with Gasteiger partial charge in [-0.15, -0.1) is 0 Å². The third kappa shape index (κ3) is 2.93. The Morgan fingerprint density at radius 1 is 1.35 bits per heavy atom. The number of benzene rings is 1. The first kappa shape index (κ1) is 11.4. The van der Waals surface area contributed by atoms with Crippen molar-refractivity contribution in [2.75, 3.05) is 6.54 Å². The fourth-order valence-electron chi connectivity index (χ4n) is 1.63. The van der Waals surface area contributed by atoms with E-state index in [9.17, 15) is 4.79 Å². The minimum Gasteiger partial charge on any atom is -0.350 e. The molecule has 4 nitrogen and oxygen atoms in total. The van der Waals surface area contributed by atoms with Gasteiger partial charge in [-0.2, -0.15) is 0 Å². The van der Waals surface area contributed by atoms with Crippen molar-refractivity contribution in [3.05, 3.63) is 54.1 Å². The summed E-state index contributed by atoms with van der Waals surface area (Å²) in [5.41, 5.74) is 1.80. The van der Waals surface area contributed by atoms with Gasteiger partial charge in [0.15, 0.2) is 0 Å². The number of amides is 1. The van der Waals surface area contributed by atoms with Crippen LogP contribution < -0.4 is 5.32 Å². The fourth-order valence-corrected chi connectivity index (χ4v) is 1.63. The SMILES string of the molecule is Cn1cncc1C(=O)NCCc1ccccc1. The number of hydrogen-bond donors (Lipinski definition) is 1. The summed E-state index contributed by atoms with van der Waals surface area (Å²) in [5.74, 6) is -0.0825. The summed E-state index contributed by atoms with van der Waals surface area (Å²) < 4.78 is 1.71. The normalized spacial score (nSPS) is 10.2. The first-order valence-corrected chi connectivity index (χ1v) is 5.56. The van der Waals surface area contributed by atoms with Crippen LogP contribution in [0.2, 0.25) is 0 Å². The van der Waals surface area contributed by atoms with Crippen molar-refractivity contribution < 1.29 is 4.79 Å². The van der Waals surface area contributed by atoms with Crippen molar-refractivity contribution in [1.82, 2.24) is 14.9 Å². The second kappa shape index (κ2) is 5.30. The zero-order valence-electron chi connectivity index (χ0n) is 9.76. The van der Waals surface area contributed by atoms with Gasteiger partial charge in [0.05, 0.1) is 12.5 Å². The summed E-state index contributed by atoms with van der Waals surface area (Å²) in [7, 11) is 1.80. The molecule has 0 saturated carbocycles. The van der Waals surface area contributed by atoms with E-state index in [4.69, 9.17) is 0 Å². The molecule has 1 aromatic carbocycles. The number of nitrogens with zero attached hydrogens (tertiary/aromatic N) is 2. The van der Waals surface area contributed by atoms with Crippen molar-refractivity contribution in [2.45, 2.75) is 6.42 Å². The zero-order chi connectivity index (χ0) is 12.1. The predicted octanol–water partition coefficient (Wildman–Crippen LogP) is 1.39. The Labute approximate surface area is 100 Å². The van der Waals surface area contributed by atoms with Gasteiger partial charge in [0.2, 0.25) is 0 Å². The van der Waals surface area contributed by atoms with E-state index in [2.05, 4.69) is 22.4 Å². The second-order valence-electron chi connectivity index (χ2n) is 3.88. The van der Waals surface area contributed by atoms with Gasteiger partial charge in [0.1, 0.15) is 5.69 Å². The van der Waals surface area contributed by atoms with E-state index in [-0.39, 0.29) is 5.91 Å². The number of nitrogens with one attached hydrogen (secondary N) is 1. The van der Waals surface area contributed by atoms with Gasteiger partial charge in [-0.25, -0.2) is 4.98 Å². The second-order valence-corrected chi connectivity index (χ2v) is 3.88. The molecule has 17 heavy (non-hydrogen) atoms. The average Bonchev–Trinajstić information content (AvgIpc) is 2.77. The molecule has 0 aliphatic carbocycles. The monoisotopic (exact) mass is 229 g/mol. The Hall–Kier alpha value is -2.10. The van der Waals surface area contributed by atoms with E-state index >= 15 is 0 Å². The number of rotatable bonds is 4. The summed E-state index contributed by atoms with van der Waals surface area (Å²) in [5, 5.41) is 2.87. The minimum absolute atomic E-state index is 0.0825. The summed E-state index contributed by atoms with van der Waals surface area (Å²) in [6.45, 7) is 0.633. The molecule has 1 N–H and O–H groups in total. The molecule has 1 amide bonds. The van der Waals surface area contributed by atoms with Crippen LogP contribution in [0.4, 0.5) is 0 Å².